The van der Waals surface area contributed by atoms with Crippen molar-refractivity contribution in [2.24, 2.45) is 0 Å². The van der Waals surface area contributed by atoms with Crippen molar-refractivity contribution in [3.05, 3.63) is 33.8 Å². The number of esters is 1. The van der Waals surface area contributed by atoms with Crippen LogP contribution >= 0.6 is 15.9 Å². The van der Waals surface area contributed by atoms with Gasteiger partial charge in [-0.15, -0.1) is 0 Å². The summed E-state index contributed by atoms with van der Waals surface area (Å²) in [6.07, 6.45) is -1.35. The van der Waals surface area contributed by atoms with Gasteiger partial charge >= 0.3 is 5.97 Å². The van der Waals surface area contributed by atoms with Crippen molar-refractivity contribution >= 4 is 21.9 Å². The SMILES string of the molecule is COC(=O)C(O)c1ccc(C(C)(C)F)c(Br)c1. The molecule has 0 aromatic heterocycles. The molecule has 94 valence electrons. The third-order valence-electron chi connectivity index (χ3n) is 2.37. The Kier molecular flexibility index (Phi) is 4.27. The summed E-state index contributed by atoms with van der Waals surface area (Å²) in [6.45, 7) is 2.87. The van der Waals surface area contributed by atoms with Gasteiger partial charge in [0.25, 0.3) is 0 Å². The molecule has 0 aliphatic heterocycles. The molecule has 1 atom stereocenters. The van der Waals surface area contributed by atoms with Gasteiger partial charge in [-0.05, 0) is 25.5 Å². The second-order valence-electron chi connectivity index (χ2n) is 4.14. The van der Waals surface area contributed by atoms with Crippen LogP contribution in [0.25, 0.3) is 0 Å². The zero-order valence-electron chi connectivity index (χ0n) is 9.83. The molecule has 1 rings (SSSR count). The van der Waals surface area contributed by atoms with Crippen LogP contribution in [0.5, 0.6) is 0 Å². The highest BCUT2D eigenvalue weighted by Crippen LogP contribution is 2.33. The number of aliphatic hydroxyl groups is 1. The third-order valence-corrected chi connectivity index (χ3v) is 3.03. The topological polar surface area (TPSA) is 46.5 Å². The molecule has 0 aliphatic carbocycles. The summed E-state index contributed by atoms with van der Waals surface area (Å²) in [5.41, 5.74) is -0.678. The van der Waals surface area contributed by atoms with Crippen molar-refractivity contribution in [1.82, 2.24) is 0 Å². The third kappa shape index (κ3) is 3.26. The number of benzene rings is 1. The summed E-state index contributed by atoms with van der Waals surface area (Å²) >= 11 is 3.22. The van der Waals surface area contributed by atoms with Gasteiger partial charge in [-0.1, -0.05) is 28.1 Å². The van der Waals surface area contributed by atoms with Crippen LogP contribution in [-0.4, -0.2) is 18.2 Å². The van der Waals surface area contributed by atoms with Crippen molar-refractivity contribution in [3.8, 4) is 0 Å². The lowest BCUT2D eigenvalue weighted by Crippen LogP contribution is -2.15. The maximum atomic E-state index is 13.8. The molecule has 0 saturated heterocycles. The molecular formula is C12H14BrFO3. The number of rotatable bonds is 3. The Balaban J connectivity index is 3.09. The summed E-state index contributed by atoms with van der Waals surface area (Å²) in [5, 5.41) is 9.62. The van der Waals surface area contributed by atoms with E-state index >= 15 is 0 Å². The van der Waals surface area contributed by atoms with Crippen LogP contribution in [0.3, 0.4) is 0 Å². The molecule has 0 saturated carbocycles. The molecule has 1 N–H and O–H groups in total. The van der Waals surface area contributed by atoms with E-state index in [1.807, 2.05) is 0 Å². The lowest BCUT2D eigenvalue weighted by Gasteiger charge is -2.18. The summed E-state index contributed by atoms with van der Waals surface area (Å²) in [6, 6.07) is 4.55. The van der Waals surface area contributed by atoms with E-state index in [-0.39, 0.29) is 0 Å². The lowest BCUT2D eigenvalue weighted by atomic mass is 9.97. The molecule has 0 amide bonds. The minimum absolute atomic E-state index is 0.358. The van der Waals surface area contributed by atoms with Crippen LogP contribution in [-0.2, 0) is 15.2 Å². The predicted molar refractivity (Wildman–Crippen MR) is 65.3 cm³/mol. The zero-order valence-corrected chi connectivity index (χ0v) is 11.4. The number of hydrogen-bond acceptors (Lipinski definition) is 3. The fourth-order valence-corrected chi connectivity index (χ4v) is 2.30. The highest BCUT2D eigenvalue weighted by molar-refractivity contribution is 9.10. The van der Waals surface area contributed by atoms with E-state index in [0.717, 1.165) is 0 Å². The Hall–Kier alpha value is -0.940. The summed E-state index contributed by atoms with van der Waals surface area (Å²) < 4.78 is 18.7. The van der Waals surface area contributed by atoms with Crippen molar-refractivity contribution in [2.75, 3.05) is 7.11 Å². The predicted octanol–water partition coefficient (Wildman–Crippen LogP) is 2.86. The highest BCUT2D eigenvalue weighted by atomic mass is 79.9. The highest BCUT2D eigenvalue weighted by Gasteiger charge is 2.24. The lowest BCUT2D eigenvalue weighted by molar-refractivity contribution is -0.150. The van der Waals surface area contributed by atoms with Gasteiger partial charge in [-0.2, -0.15) is 0 Å². The molecule has 3 nitrogen and oxygen atoms in total. The normalized spacial score (nSPS) is 13.3. The van der Waals surface area contributed by atoms with Gasteiger partial charge in [0.1, 0.15) is 5.67 Å². The Morgan fingerprint density at radius 1 is 1.53 bits per heavy atom. The number of methoxy groups -OCH3 is 1. The van der Waals surface area contributed by atoms with E-state index in [4.69, 9.17) is 0 Å². The standard InChI is InChI=1S/C12H14BrFO3/c1-12(2,14)8-5-4-7(6-9(8)13)10(15)11(16)17-3/h4-6,10,15H,1-3H3. The second kappa shape index (κ2) is 5.14. The first-order valence-electron chi connectivity index (χ1n) is 5.02. The molecule has 5 heteroatoms. The Morgan fingerprint density at radius 2 is 2.12 bits per heavy atom. The molecule has 17 heavy (non-hydrogen) atoms. The Bertz CT molecular complexity index is 426. The summed E-state index contributed by atoms with van der Waals surface area (Å²) in [4.78, 5) is 11.1. The van der Waals surface area contributed by atoms with E-state index in [0.29, 0.717) is 15.6 Å². The molecule has 0 heterocycles. The first-order chi connectivity index (χ1) is 7.77. The van der Waals surface area contributed by atoms with Gasteiger partial charge < -0.3 is 9.84 Å². The first kappa shape index (κ1) is 14.1. The number of alkyl halides is 1. The number of carbonyl (C=O) groups is 1. The average molecular weight is 305 g/mol. The molecule has 0 fully saturated rings. The van der Waals surface area contributed by atoms with E-state index in [9.17, 15) is 14.3 Å². The molecule has 0 aliphatic rings. The number of carbonyl (C=O) groups excluding carboxylic acids is 1. The van der Waals surface area contributed by atoms with Crippen LogP contribution in [0.15, 0.2) is 22.7 Å². The maximum absolute atomic E-state index is 13.8. The minimum atomic E-state index is -1.49. The maximum Gasteiger partial charge on any atom is 0.339 e. The smallest absolute Gasteiger partial charge is 0.339 e. The molecule has 1 aromatic rings. The largest absolute Gasteiger partial charge is 0.467 e. The van der Waals surface area contributed by atoms with Crippen molar-refractivity contribution in [2.45, 2.75) is 25.6 Å². The molecule has 0 bridgehead atoms. The van der Waals surface area contributed by atoms with E-state index < -0.39 is 17.7 Å². The number of halogens is 2. The van der Waals surface area contributed by atoms with Gasteiger partial charge in [0, 0.05) is 10.0 Å². The van der Waals surface area contributed by atoms with Crippen LogP contribution in [0.4, 0.5) is 4.39 Å². The molecular weight excluding hydrogens is 291 g/mol. The summed E-state index contributed by atoms with van der Waals surface area (Å²) in [7, 11) is 1.19. The number of hydrogen-bond donors (Lipinski definition) is 1. The second-order valence-corrected chi connectivity index (χ2v) is 4.99. The van der Waals surface area contributed by atoms with Crippen LogP contribution in [0, 0.1) is 0 Å². The van der Waals surface area contributed by atoms with Gasteiger partial charge in [0.05, 0.1) is 7.11 Å². The molecule has 0 radical (unpaired) electrons. The average Bonchev–Trinajstić information content (AvgIpc) is 2.25. The van der Waals surface area contributed by atoms with Crippen LogP contribution in [0.1, 0.15) is 31.1 Å². The first-order valence-corrected chi connectivity index (χ1v) is 5.81. The number of aliphatic hydroxyl groups excluding tert-OH is 1. The summed E-state index contributed by atoms with van der Waals surface area (Å²) in [5.74, 6) is -0.746. The van der Waals surface area contributed by atoms with E-state index in [2.05, 4.69) is 20.7 Å². The van der Waals surface area contributed by atoms with Crippen LogP contribution < -0.4 is 0 Å². The minimum Gasteiger partial charge on any atom is -0.467 e. The van der Waals surface area contributed by atoms with Crippen molar-refractivity contribution < 1.29 is 19.0 Å². The fourth-order valence-electron chi connectivity index (χ4n) is 1.43. The number of ether oxygens (including phenoxy) is 1. The Morgan fingerprint density at radius 3 is 2.53 bits per heavy atom. The Labute approximate surface area is 108 Å². The quantitative estimate of drug-likeness (QED) is 0.874. The van der Waals surface area contributed by atoms with Gasteiger partial charge in [-0.25, -0.2) is 9.18 Å². The molecule has 1 unspecified atom stereocenters. The zero-order chi connectivity index (χ0) is 13.2. The molecule has 0 spiro atoms. The van der Waals surface area contributed by atoms with Gasteiger partial charge in [0.2, 0.25) is 0 Å². The van der Waals surface area contributed by atoms with E-state index in [1.54, 1.807) is 0 Å². The fraction of sp³-hybridized carbons (Fsp3) is 0.417. The van der Waals surface area contributed by atoms with Crippen molar-refractivity contribution in [3.63, 3.8) is 0 Å². The monoisotopic (exact) mass is 304 g/mol. The van der Waals surface area contributed by atoms with Gasteiger partial charge in [0.15, 0.2) is 6.10 Å². The molecule has 1 aromatic carbocycles. The van der Waals surface area contributed by atoms with Gasteiger partial charge in [-0.3, -0.25) is 0 Å². The van der Waals surface area contributed by atoms with Crippen molar-refractivity contribution in [1.29, 1.82) is 0 Å². The van der Waals surface area contributed by atoms with E-state index in [1.165, 1.54) is 39.2 Å². The van der Waals surface area contributed by atoms with Crippen LogP contribution in [0.2, 0.25) is 0 Å².